The summed E-state index contributed by atoms with van der Waals surface area (Å²) < 4.78 is 11.0. The summed E-state index contributed by atoms with van der Waals surface area (Å²) in [6, 6.07) is -0.281. The largest absolute Gasteiger partial charge is 0.481 e. The topological polar surface area (TPSA) is 88.1 Å². The third-order valence-corrected chi connectivity index (χ3v) is 4.29. The van der Waals surface area contributed by atoms with E-state index in [1.807, 2.05) is 13.8 Å². The van der Waals surface area contributed by atoms with E-state index in [-0.39, 0.29) is 30.6 Å². The molecule has 2 amide bonds. The van der Waals surface area contributed by atoms with Gasteiger partial charge in [0, 0.05) is 26.3 Å². The molecule has 2 N–H and O–H groups in total. The highest BCUT2D eigenvalue weighted by Crippen LogP contribution is 2.22. The summed E-state index contributed by atoms with van der Waals surface area (Å²) in [5, 5.41) is 12.2. The predicted octanol–water partition coefficient (Wildman–Crippen LogP) is 0.933. The van der Waals surface area contributed by atoms with Crippen molar-refractivity contribution in [1.29, 1.82) is 0 Å². The quantitative estimate of drug-likeness (QED) is 0.806. The molecule has 7 heteroatoms. The van der Waals surface area contributed by atoms with E-state index in [2.05, 4.69) is 5.32 Å². The van der Waals surface area contributed by atoms with Gasteiger partial charge in [-0.3, -0.25) is 4.79 Å². The molecule has 0 radical (unpaired) electrons. The van der Waals surface area contributed by atoms with Crippen LogP contribution in [0, 0.1) is 11.8 Å². The number of carboxylic acids is 1. The van der Waals surface area contributed by atoms with E-state index in [9.17, 15) is 14.7 Å². The van der Waals surface area contributed by atoms with Crippen LogP contribution in [0.1, 0.15) is 26.7 Å². The average molecular weight is 314 g/mol. The minimum absolute atomic E-state index is 0.0817. The number of rotatable bonds is 4. The normalized spacial score (nSPS) is 32.5. The second-order valence-corrected chi connectivity index (χ2v) is 6.19. The molecular formula is C15H26N2O5. The zero-order valence-corrected chi connectivity index (χ0v) is 13.3. The van der Waals surface area contributed by atoms with Gasteiger partial charge in [0.15, 0.2) is 0 Å². The highest BCUT2D eigenvalue weighted by atomic mass is 16.5. The molecule has 22 heavy (non-hydrogen) atoms. The van der Waals surface area contributed by atoms with Crippen molar-refractivity contribution in [2.45, 2.75) is 38.8 Å². The van der Waals surface area contributed by atoms with E-state index in [0.29, 0.717) is 39.2 Å². The Kier molecular flexibility index (Phi) is 6.02. The Hall–Kier alpha value is -1.34. The predicted molar refractivity (Wildman–Crippen MR) is 79.6 cm³/mol. The zero-order valence-electron chi connectivity index (χ0n) is 13.3. The van der Waals surface area contributed by atoms with E-state index < -0.39 is 11.9 Å². The average Bonchev–Trinajstić information content (AvgIpc) is 2.48. The first kappa shape index (κ1) is 17.0. The van der Waals surface area contributed by atoms with Gasteiger partial charge in [-0.1, -0.05) is 6.92 Å². The number of ether oxygens (including phenoxy) is 2. The maximum atomic E-state index is 12.5. The molecule has 0 spiro atoms. The third kappa shape index (κ3) is 4.33. The van der Waals surface area contributed by atoms with Crippen LogP contribution < -0.4 is 5.32 Å². The minimum atomic E-state index is -0.831. The molecule has 0 aromatic rings. The fourth-order valence-corrected chi connectivity index (χ4v) is 3.20. The van der Waals surface area contributed by atoms with E-state index in [4.69, 9.17) is 9.47 Å². The Morgan fingerprint density at radius 2 is 2.18 bits per heavy atom. The smallest absolute Gasteiger partial charge is 0.317 e. The molecule has 0 bridgehead atoms. The zero-order chi connectivity index (χ0) is 16.1. The van der Waals surface area contributed by atoms with Gasteiger partial charge in [-0.2, -0.15) is 0 Å². The van der Waals surface area contributed by atoms with Gasteiger partial charge in [0.05, 0.1) is 18.6 Å². The molecular weight excluding hydrogens is 288 g/mol. The summed E-state index contributed by atoms with van der Waals surface area (Å²) >= 11 is 0. The second-order valence-electron chi connectivity index (χ2n) is 6.19. The molecule has 0 aromatic heterocycles. The van der Waals surface area contributed by atoms with Crippen LogP contribution in [0.4, 0.5) is 4.79 Å². The van der Waals surface area contributed by atoms with E-state index in [0.717, 1.165) is 0 Å². The van der Waals surface area contributed by atoms with Crippen LogP contribution in [0.5, 0.6) is 0 Å². The fourth-order valence-electron chi connectivity index (χ4n) is 3.20. The molecule has 2 saturated heterocycles. The fraction of sp³-hybridized carbons (Fsp3) is 0.867. The van der Waals surface area contributed by atoms with Gasteiger partial charge >= 0.3 is 12.0 Å². The Labute approximate surface area is 130 Å². The van der Waals surface area contributed by atoms with Gasteiger partial charge in [-0.15, -0.1) is 0 Å². The van der Waals surface area contributed by atoms with Crippen molar-refractivity contribution in [3.05, 3.63) is 0 Å². The van der Waals surface area contributed by atoms with Gasteiger partial charge in [-0.05, 0) is 25.7 Å². The van der Waals surface area contributed by atoms with Crippen LogP contribution in [-0.4, -0.2) is 67.1 Å². The van der Waals surface area contributed by atoms with Crippen molar-refractivity contribution in [2.75, 3.05) is 32.9 Å². The number of piperidine rings is 1. The first-order valence-electron chi connectivity index (χ1n) is 7.98. The summed E-state index contributed by atoms with van der Waals surface area (Å²) in [5.41, 5.74) is 0. The first-order valence-corrected chi connectivity index (χ1v) is 7.98. The van der Waals surface area contributed by atoms with Crippen molar-refractivity contribution in [1.82, 2.24) is 10.2 Å². The molecule has 4 unspecified atom stereocenters. The highest BCUT2D eigenvalue weighted by molar-refractivity contribution is 5.77. The number of hydrogen-bond donors (Lipinski definition) is 2. The molecule has 2 rings (SSSR count). The number of hydrogen-bond acceptors (Lipinski definition) is 4. The molecule has 0 saturated carbocycles. The number of nitrogens with one attached hydrogen (secondary N) is 1. The molecule has 2 heterocycles. The summed E-state index contributed by atoms with van der Waals surface area (Å²) in [4.78, 5) is 25.3. The Morgan fingerprint density at radius 3 is 2.86 bits per heavy atom. The maximum absolute atomic E-state index is 12.5. The van der Waals surface area contributed by atoms with Crippen molar-refractivity contribution >= 4 is 12.0 Å². The number of aliphatic carboxylic acids is 1. The summed E-state index contributed by atoms with van der Waals surface area (Å²) in [6.45, 7) is 6.41. The van der Waals surface area contributed by atoms with Gasteiger partial charge in [0.2, 0.25) is 0 Å². The minimum Gasteiger partial charge on any atom is -0.481 e. The third-order valence-electron chi connectivity index (χ3n) is 4.29. The summed E-state index contributed by atoms with van der Waals surface area (Å²) in [5.74, 6) is -1.12. The lowest BCUT2D eigenvalue weighted by atomic mass is 9.91. The van der Waals surface area contributed by atoms with Gasteiger partial charge in [-0.25, -0.2) is 4.79 Å². The van der Waals surface area contributed by atoms with Crippen molar-refractivity contribution in [3.63, 3.8) is 0 Å². The number of likely N-dealkylation sites (tertiary alicyclic amines) is 1. The molecule has 126 valence electrons. The molecule has 2 aliphatic rings. The number of urea groups is 1. The number of carbonyl (C=O) groups excluding carboxylic acids is 1. The van der Waals surface area contributed by atoms with Gasteiger partial charge in [0.25, 0.3) is 0 Å². The molecule has 4 atom stereocenters. The van der Waals surface area contributed by atoms with Crippen LogP contribution >= 0.6 is 0 Å². The van der Waals surface area contributed by atoms with Crippen LogP contribution in [-0.2, 0) is 14.3 Å². The Bertz CT molecular complexity index is 401. The monoisotopic (exact) mass is 314 g/mol. The van der Waals surface area contributed by atoms with E-state index in [1.54, 1.807) is 4.90 Å². The number of carbonyl (C=O) groups is 2. The van der Waals surface area contributed by atoms with Crippen molar-refractivity contribution < 1.29 is 24.2 Å². The number of carboxylic acid groups (broad SMARTS) is 1. The number of amides is 2. The molecule has 0 aliphatic carbocycles. The Morgan fingerprint density at radius 1 is 1.41 bits per heavy atom. The lowest BCUT2D eigenvalue weighted by Gasteiger charge is -2.37. The summed E-state index contributed by atoms with van der Waals surface area (Å²) in [6.07, 6.45) is 1.19. The maximum Gasteiger partial charge on any atom is 0.317 e. The lowest BCUT2D eigenvalue weighted by Crippen LogP contribution is -2.56. The number of nitrogens with zero attached hydrogens (tertiary/aromatic N) is 1. The SMILES string of the molecule is CCOC1COCCC1NC(=O)N1CC(C)CC(C(=O)O)C1. The molecule has 2 fully saturated rings. The van der Waals surface area contributed by atoms with E-state index in [1.165, 1.54) is 0 Å². The van der Waals surface area contributed by atoms with Crippen LogP contribution in [0.25, 0.3) is 0 Å². The van der Waals surface area contributed by atoms with E-state index >= 15 is 0 Å². The van der Waals surface area contributed by atoms with Gasteiger partial charge < -0.3 is 24.8 Å². The van der Waals surface area contributed by atoms with Crippen LogP contribution in [0.3, 0.4) is 0 Å². The molecule has 2 aliphatic heterocycles. The van der Waals surface area contributed by atoms with Crippen LogP contribution in [0.2, 0.25) is 0 Å². The first-order chi connectivity index (χ1) is 10.5. The Balaban J connectivity index is 1.93. The molecule has 7 nitrogen and oxygen atoms in total. The summed E-state index contributed by atoms with van der Waals surface area (Å²) in [7, 11) is 0. The van der Waals surface area contributed by atoms with Crippen molar-refractivity contribution in [3.8, 4) is 0 Å². The molecule has 0 aromatic carbocycles. The van der Waals surface area contributed by atoms with Crippen LogP contribution in [0.15, 0.2) is 0 Å². The standard InChI is InChI=1S/C15H26N2O5/c1-3-22-13-9-21-5-4-12(13)16-15(20)17-7-10(2)6-11(8-17)14(18)19/h10-13H,3-9H2,1-2H3,(H,16,20)(H,18,19). The van der Waals surface area contributed by atoms with Crippen molar-refractivity contribution in [2.24, 2.45) is 11.8 Å². The highest BCUT2D eigenvalue weighted by Gasteiger charge is 2.34. The second kappa shape index (κ2) is 7.78. The lowest BCUT2D eigenvalue weighted by molar-refractivity contribution is -0.143. The van der Waals surface area contributed by atoms with Gasteiger partial charge in [0.1, 0.15) is 6.10 Å².